The Labute approximate surface area is 110 Å². The van der Waals surface area contributed by atoms with Crippen molar-refractivity contribution in [2.75, 3.05) is 5.43 Å². The van der Waals surface area contributed by atoms with Crippen LogP contribution in [0.5, 0.6) is 0 Å². The Hall–Kier alpha value is -2.37. The Balaban J connectivity index is 2.22. The lowest BCUT2D eigenvalue weighted by atomic mass is 10.2. The van der Waals surface area contributed by atoms with E-state index in [0.717, 1.165) is 22.8 Å². The van der Waals surface area contributed by atoms with Crippen LogP contribution in [0.2, 0.25) is 0 Å². The van der Waals surface area contributed by atoms with Gasteiger partial charge in [0.1, 0.15) is 11.5 Å². The molecule has 2 aromatic rings. The average molecular weight is 260 g/mol. The number of hydrogen-bond donors (Lipinski definition) is 2. The van der Waals surface area contributed by atoms with Crippen LogP contribution in [-0.2, 0) is 0 Å². The molecule has 0 aliphatic carbocycles. The second-order valence-electron chi connectivity index (χ2n) is 4.37. The minimum Gasteiger partial charge on any atom is -0.466 e. The predicted octanol–water partition coefficient (Wildman–Crippen LogP) is 2.12. The standard InChI is InChI=1S/C13H16N4O2/c1-7-5-12(18)15-13(14-7)17-16-9(3)11-6-8(2)19-10(11)4/h5-6H,1-4H3,(H2,14,15,17,18)/b16-9+. The Kier molecular flexibility index (Phi) is 3.50. The van der Waals surface area contributed by atoms with E-state index >= 15 is 0 Å². The molecule has 0 saturated heterocycles. The van der Waals surface area contributed by atoms with Crippen molar-refractivity contribution in [1.82, 2.24) is 9.97 Å². The highest BCUT2D eigenvalue weighted by atomic mass is 16.3. The van der Waals surface area contributed by atoms with Crippen molar-refractivity contribution < 1.29 is 4.42 Å². The van der Waals surface area contributed by atoms with Crippen LogP contribution in [-0.4, -0.2) is 15.7 Å². The summed E-state index contributed by atoms with van der Waals surface area (Å²) in [6, 6.07) is 3.34. The number of nitrogens with one attached hydrogen (secondary N) is 2. The minimum atomic E-state index is -0.210. The van der Waals surface area contributed by atoms with E-state index in [1.165, 1.54) is 6.07 Å². The van der Waals surface area contributed by atoms with Crippen molar-refractivity contribution in [2.45, 2.75) is 27.7 Å². The summed E-state index contributed by atoms with van der Waals surface area (Å²) in [4.78, 5) is 18.0. The molecule has 0 atom stereocenters. The first kappa shape index (κ1) is 13.1. The minimum absolute atomic E-state index is 0.210. The summed E-state index contributed by atoms with van der Waals surface area (Å²) in [5, 5.41) is 4.20. The summed E-state index contributed by atoms with van der Waals surface area (Å²) in [5.74, 6) is 1.97. The normalized spacial score (nSPS) is 11.7. The zero-order valence-corrected chi connectivity index (χ0v) is 11.4. The highest BCUT2D eigenvalue weighted by Gasteiger charge is 2.07. The van der Waals surface area contributed by atoms with Crippen molar-refractivity contribution in [2.24, 2.45) is 5.10 Å². The molecule has 2 heterocycles. The van der Waals surface area contributed by atoms with Gasteiger partial charge < -0.3 is 4.42 Å². The smallest absolute Gasteiger partial charge is 0.252 e. The summed E-state index contributed by atoms with van der Waals surface area (Å²) < 4.78 is 5.44. The van der Waals surface area contributed by atoms with Gasteiger partial charge in [0.25, 0.3) is 5.56 Å². The lowest BCUT2D eigenvalue weighted by Crippen LogP contribution is -2.11. The molecule has 2 rings (SSSR count). The summed E-state index contributed by atoms with van der Waals surface area (Å²) >= 11 is 0. The Morgan fingerprint density at radius 2 is 2.11 bits per heavy atom. The molecule has 0 spiro atoms. The second kappa shape index (κ2) is 5.09. The molecule has 19 heavy (non-hydrogen) atoms. The molecular weight excluding hydrogens is 244 g/mol. The molecule has 0 saturated carbocycles. The number of hydrazone groups is 1. The zero-order chi connectivity index (χ0) is 14.0. The Morgan fingerprint density at radius 1 is 1.37 bits per heavy atom. The molecule has 0 bridgehead atoms. The van der Waals surface area contributed by atoms with E-state index in [-0.39, 0.29) is 5.56 Å². The SMILES string of the molecule is C/C(=N\Nc1nc(C)cc(=O)[nH]1)c1cc(C)oc1C. The predicted molar refractivity (Wildman–Crippen MR) is 73.6 cm³/mol. The topological polar surface area (TPSA) is 83.3 Å². The van der Waals surface area contributed by atoms with Gasteiger partial charge in [-0.15, -0.1) is 0 Å². The first-order valence-corrected chi connectivity index (χ1v) is 5.91. The van der Waals surface area contributed by atoms with E-state index in [1.54, 1.807) is 6.92 Å². The van der Waals surface area contributed by atoms with Gasteiger partial charge in [0.2, 0.25) is 5.95 Å². The van der Waals surface area contributed by atoms with E-state index in [1.807, 2.05) is 26.8 Å². The van der Waals surface area contributed by atoms with Gasteiger partial charge in [-0.1, -0.05) is 0 Å². The monoisotopic (exact) mass is 260 g/mol. The van der Waals surface area contributed by atoms with Crippen LogP contribution in [0.4, 0.5) is 5.95 Å². The number of hydrogen-bond acceptors (Lipinski definition) is 5. The second-order valence-corrected chi connectivity index (χ2v) is 4.37. The van der Waals surface area contributed by atoms with Crippen molar-refractivity contribution in [3.63, 3.8) is 0 Å². The molecule has 0 aromatic carbocycles. The third-order valence-corrected chi connectivity index (χ3v) is 2.63. The van der Waals surface area contributed by atoms with Crippen molar-refractivity contribution in [1.29, 1.82) is 0 Å². The van der Waals surface area contributed by atoms with Gasteiger partial charge in [0.05, 0.1) is 5.71 Å². The lowest BCUT2D eigenvalue weighted by molar-refractivity contribution is 0.504. The maximum Gasteiger partial charge on any atom is 0.252 e. The quantitative estimate of drug-likeness (QED) is 0.654. The average Bonchev–Trinajstić information content (AvgIpc) is 2.64. The molecule has 6 nitrogen and oxygen atoms in total. The number of rotatable bonds is 3. The van der Waals surface area contributed by atoms with Crippen LogP contribution in [0.1, 0.15) is 29.7 Å². The molecule has 2 N–H and O–H groups in total. The van der Waals surface area contributed by atoms with E-state index in [9.17, 15) is 4.79 Å². The molecule has 0 amide bonds. The van der Waals surface area contributed by atoms with Crippen molar-refractivity contribution in [3.8, 4) is 0 Å². The number of aryl methyl sites for hydroxylation is 3. The van der Waals surface area contributed by atoms with Gasteiger partial charge in [-0.2, -0.15) is 5.10 Å². The van der Waals surface area contributed by atoms with E-state index in [2.05, 4.69) is 20.5 Å². The van der Waals surface area contributed by atoms with Crippen LogP contribution in [0.25, 0.3) is 0 Å². The molecule has 6 heteroatoms. The van der Waals surface area contributed by atoms with Crippen LogP contribution in [0, 0.1) is 20.8 Å². The molecule has 0 unspecified atom stereocenters. The fourth-order valence-electron chi connectivity index (χ4n) is 1.82. The van der Waals surface area contributed by atoms with E-state index in [4.69, 9.17) is 4.42 Å². The maximum absolute atomic E-state index is 11.3. The first-order chi connectivity index (χ1) is 8.95. The number of nitrogens with zero attached hydrogens (tertiary/aromatic N) is 2. The third kappa shape index (κ3) is 3.09. The van der Waals surface area contributed by atoms with Crippen LogP contribution >= 0.6 is 0 Å². The fourth-order valence-corrected chi connectivity index (χ4v) is 1.82. The summed E-state index contributed by atoms with van der Waals surface area (Å²) in [6.07, 6.45) is 0. The highest BCUT2D eigenvalue weighted by Crippen LogP contribution is 2.14. The largest absolute Gasteiger partial charge is 0.466 e. The number of aromatic amines is 1. The maximum atomic E-state index is 11.3. The molecule has 0 fully saturated rings. The Bertz CT molecular complexity index is 682. The molecule has 0 radical (unpaired) electrons. The van der Waals surface area contributed by atoms with E-state index < -0.39 is 0 Å². The van der Waals surface area contributed by atoms with Gasteiger partial charge in [0, 0.05) is 17.3 Å². The van der Waals surface area contributed by atoms with Crippen molar-refractivity contribution in [3.05, 3.63) is 45.3 Å². The molecule has 2 aromatic heterocycles. The van der Waals surface area contributed by atoms with Crippen molar-refractivity contribution >= 4 is 11.7 Å². The van der Waals surface area contributed by atoms with Gasteiger partial charge in [-0.05, 0) is 33.8 Å². The molecular formula is C13H16N4O2. The number of anilines is 1. The Morgan fingerprint density at radius 3 is 2.68 bits per heavy atom. The van der Waals surface area contributed by atoms with Gasteiger partial charge >= 0.3 is 0 Å². The third-order valence-electron chi connectivity index (χ3n) is 2.63. The summed E-state index contributed by atoms with van der Waals surface area (Å²) in [7, 11) is 0. The molecule has 0 aliphatic rings. The van der Waals surface area contributed by atoms with Gasteiger partial charge in [-0.3, -0.25) is 9.78 Å². The molecule has 0 aliphatic heterocycles. The highest BCUT2D eigenvalue weighted by molar-refractivity contribution is 5.99. The number of aromatic nitrogens is 2. The number of H-pyrrole nitrogens is 1. The van der Waals surface area contributed by atoms with Crippen LogP contribution in [0.15, 0.2) is 26.4 Å². The summed E-state index contributed by atoms with van der Waals surface area (Å²) in [5.41, 5.74) is 4.86. The number of furan rings is 1. The van der Waals surface area contributed by atoms with Gasteiger partial charge in [-0.25, -0.2) is 10.4 Å². The summed E-state index contributed by atoms with van der Waals surface area (Å²) in [6.45, 7) is 7.38. The van der Waals surface area contributed by atoms with Crippen LogP contribution in [0.3, 0.4) is 0 Å². The molecule has 100 valence electrons. The van der Waals surface area contributed by atoms with E-state index in [0.29, 0.717) is 11.6 Å². The van der Waals surface area contributed by atoms with Gasteiger partial charge in [0.15, 0.2) is 0 Å². The first-order valence-electron chi connectivity index (χ1n) is 5.91. The fraction of sp³-hybridized carbons (Fsp3) is 0.308. The van der Waals surface area contributed by atoms with Crippen LogP contribution < -0.4 is 11.0 Å². The zero-order valence-electron chi connectivity index (χ0n) is 11.4. The lowest BCUT2D eigenvalue weighted by Gasteiger charge is -2.02.